The Hall–Kier alpha value is -2.23. The minimum Gasteiger partial charge on any atom is -0.490 e. The van der Waals surface area contributed by atoms with Gasteiger partial charge in [0, 0.05) is 29.7 Å². The van der Waals surface area contributed by atoms with E-state index >= 15 is 0 Å². The number of hydrogen-bond acceptors (Lipinski definition) is 4. The fraction of sp³-hybridized carbons (Fsp3) is 0.353. The van der Waals surface area contributed by atoms with Crippen LogP contribution in [0.25, 0.3) is 0 Å². The number of carbonyl (C=O) groups excluding carboxylic acids is 1. The summed E-state index contributed by atoms with van der Waals surface area (Å²) in [6.07, 6.45) is 5.67. The second kappa shape index (κ2) is 6.04. The van der Waals surface area contributed by atoms with Crippen LogP contribution in [0.15, 0.2) is 36.5 Å². The molecule has 0 bridgehead atoms. The Bertz CT molecular complexity index is 636. The first-order valence-electron chi connectivity index (χ1n) is 7.29. The predicted molar refractivity (Wildman–Crippen MR) is 79.5 cm³/mol. The third kappa shape index (κ3) is 3.45. The largest absolute Gasteiger partial charge is 0.490 e. The lowest BCUT2D eigenvalue weighted by Gasteiger charge is -2.26. The third-order valence-corrected chi connectivity index (χ3v) is 3.64. The van der Waals surface area contributed by atoms with Crippen molar-refractivity contribution in [2.75, 3.05) is 0 Å². The van der Waals surface area contributed by atoms with Crippen LogP contribution >= 0.6 is 0 Å². The van der Waals surface area contributed by atoms with Crippen molar-refractivity contribution in [3.63, 3.8) is 0 Å². The van der Waals surface area contributed by atoms with Crippen LogP contribution < -0.4 is 4.74 Å². The molecule has 2 aromatic heterocycles. The summed E-state index contributed by atoms with van der Waals surface area (Å²) in [5.41, 5.74) is 2.01. The number of ether oxygens (including phenoxy) is 1. The molecule has 1 aliphatic rings. The number of Topliss-reactive ketones (excluding diaryl/α,β-unsaturated/α-hetero) is 1. The minimum absolute atomic E-state index is 0.0316. The molecule has 0 spiro atoms. The van der Waals surface area contributed by atoms with E-state index in [0.717, 1.165) is 30.0 Å². The Morgan fingerprint density at radius 3 is 2.86 bits per heavy atom. The van der Waals surface area contributed by atoms with Crippen LogP contribution in [-0.2, 0) is 6.42 Å². The molecule has 0 unspecified atom stereocenters. The first kappa shape index (κ1) is 13.7. The van der Waals surface area contributed by atoms with E-state index in [1.807, 2.05) is 31.2 Å². The van der Waals surface area contributed by atoms with Crippen LogP contribution in [0.3, 0.4) is 0 Å². The second-order valence-electron chi connectivity index (χ2n) is 5.42. The molecule has 21 heavy (non-hydrogen) atoms. The van der Waals surface area contributed by atoms with Crippen molar-refractivity contribution >= 4 is 5.78 Å². The van der Waals surface area contributed by atoms with Crippen LogP contribution in [0.4, 0.5) is 0 Å². The van der Waals surface area contributed by atoms with Crippen LogP contribution in [0.1, 0.15) is 41.1 Å². The van der Waals surface area contributed by atoms with Gasteiger partial charge in [-0.15, -0.1) is 0 Å². The van der Waals surface area contributed by atoms with Gasteiger partial charge in [-0.25, -0.2) is 4.98 Å². The highest BCUT2D eigenvalue weighted by molar-refractivity contribution is 5.95. The SMILES string of the molecule is Cc1cc(OC2CCC2)cc(C(=O)Cc2ccccn2)n1. The zero-order chi connectivity index (χ0) is 14.7. The molecule has 0 aliphatic heterocycles. The molecule has 2 aromatic rings. The fourth-order valence-corrected chi connectivity index (χ4v) is 2.29. The Morgan fingerprint density at radius 2 is 2.19 bits per heavy atom. The molecule has 4 nitrogen and oxygen atoms in total. The Labute approximate surface area is 124 Å². The lowest BCUT2D eigenvalue weighted by atomic mass is 9.96. The van der Waals surface area contributed by atoms with Gasteiger partial charge in [-0.3, -0.25) is 9.78 Å². The average molecular weight is 282 g/mol. The van der Waals surface area contributed by atoms with Crippen molar-refractivity contribution in [1.82, 2.24) is 9.97 Å². The van der Waals surface area contributed by atoms with Gasteiger partial charge < -0.3 is 4.74 Å². The standard InChI is InChI=1S/C17H18N2O2/c1-12-9-15(21-14-6-4-7-14)11-16(19-12)17(20)10-13-5-2-3-8-18-13/h2-3,5,8-9,11,14H,4,6-7,10H2,1H3. The zero-order valence-corrected chi connectivity index (χ0v) is 12.1. The van der Waals surface area contributed by atoms with Crippen LogP contribution in [0, 0.1) is 6.92 Å². The van der Waals surface area contributed by atoms with Gasteiger partial charge in [-0.2, -0.15) is 0 Å². The summed E-state index contributed by atoms with van der Waals surface area (Å²) in [4.78, 5) is 20.8. The van der Waals surface area contributed by atoms with Crippen LogP contribution in [-0.4, -0.2) is 21.9 Å². The molecule has 1 fully saturated rings. The summed E-state index contributed by atoms with van der Waals surface area (Å²) in [5, 5.41) is 0. The van der Waals surface area contributed by atoms with E-state index in [1.54, 1.807) is 12.3 Å². The normalized spacial score (nSPS) is 14.5. The summed E-state index contributed by atoms with van der Waals surface area (Å²) in [6, 6.07) is 9.19. The molecular weight excluding hydrogens is 264 g/mol. The Morgan fingerprint density at radius 1 is 1.33 bits per heavy atom. The van der Waals surface area contributed by atoms with Gasteiger partial charge in [0.15, 0.2) is 5.78 Å². The highest BCUT2D eigenvalue weighted by Crippen LogP contribution is 2.26. The van der Waals surface area contributed by atoms with E-state index in [2.05, 4.69) is 9.97 Å². The summed E-state index contributed by atoms with van der Waals surface area (Å²) < 4.78 is 5.86. The molecule has 0 N–H and O–H groups in total. The first-order chi connectivity index (χ1) is 10.2. The van der Waals surface area contributed by atoms with Crippen molar-refractivity contribution in [1.29, 1.82) is 0 Å². The van der Waals surface area contributed by atoms with Gasteiger partial charge in [0.1, 0.15) is 11.4 Å². The number of carbonyl (C=O) groups is 1. The van der Waals surface area contributed by atoms with Crippen molar-refractivity contribution in [3.05, 3.63) is 53.6 Å². The summed E-state index contributed by atoms with van der Waals surface area (Å²) in [6.45, 7) is 1.88. The zero-order valence-electron chi connectivity index (χ0n) is 12.1. The van der Waals surface area contributed by atoms with E-state index in [0.29, 0.717) is 11.8 Å². The Balaban J connectivity index is 1.75. The van der Waals surface area contributed by atoms with E-state index < -0.39 is 0 Å². The molecule has 0 amide bonds. The lowest BCUT2D eigenvalue weighted by Crippen LogP contribution is -2.24. The summed E-state index contributed by atoms with van der Waals surface area (Å²) in [7, 11) is 0. The van der Waals surface area contributed by atoms with Gasteiger partial charge >= 0.3 is 0 Å². The average Bonchev–Trinajstić information content (AvgIpc) is 2.43. The maximum Gasteiger partial charge on any atom is 0.187 e. The fourth-order valence-electron chi connectivity index (χ4n) is 2.29. The van der Waals surface area contributed by atoms with Gasteiger partial charge in [-0.05, 0) is 38.3 Å². The van der Waals surface area contributed by atoms with E-state index in [4.69, 9.17) is 4.74 Å². The van der Waals surface area contributed by atoms with Crippen molar-refractivity contribution in [2.45, 2.75) is 38.7 Å². The molecule has 3 rings (SSSR count). The maximum absolute atomic E-state index is 12.3. The molecule has 1 saturated carbocycles. The number of rotatable bonds is 5. The molecule has 4 heteroatoms. The summed E-state index contributed by atoms with van der Waals surface area (Å²) >= 11 is 0. The van der Waals surface area contributed by atoms with Crippen LogP contribution in [0.5, 0.6) is 5.75 Å². The number of aryl methyl sites for hydroxylation is 1. The molecule has 108 valence electrons. The molecular formula is C17H18N2O2. The Kier molecular flexibility index (Phi) is 3.95. The summed E-state index contributed by atoms with van der Waals surface area (Å²) in [5.74, 6) is 0.715. The van der Waals surface area contributed by atoms with Crippen molar-refractivity contribution < 1.29 is 9.53 Å². The van der Waals surface area contributed by atoms with E-state index in [9.17, 15) is 4.79 Å². The van der Waals surface area contributed by atoms with Crippen molar-refractivity contribution in [2.24, 2.45) is 0 Å². The van der Waals surface area contributed by atoms with Gasteiger partial charge in [0.25, 0.3) is 0 Å². The minimum atomic E-state index is -0.0316. The van der Waals surface area contributed by atoms with E-state index in [1.165, 1.54) is 6.42 Å². The smallest absolute Gasteiger partial charge is 0.187 e. The maximum atomic E-state index is 12.3. The molecule has 0 radical (unpaired) electrons. The molecule has 0 aromatic carbocycles. The predicted octanol–water partition coefficient (Wildman–Crippen LogP) is 3.14. The van der Waals surface area contributed by atoms with Gasteiger partial charge in [-0.1, -0.05) is 6.07 Å². The number of nitrogens with zero attached hydrogens (tertiary/aromatic N) is 2. The van der Waals surface area contributed by atoms with Crippen molar-refractivity contribution in [3.8, 4) is 5.75 Å². The number of hydrogen-bond donors (Lipinski definition) is 0. The van der Waals surface area contributed by atoms with Gasteiger partial charge in [0.2, 0.25) is 0 Å². The number of pyridine rings is 2. The molecule has 0 saturated heterocycles. The first-order valence-corrected chi connectivity index (χ1v) is 7.29. The number of ketones is 1. The second-order valence-corrected chi connectivity index (χ2v) is 5.42. The topological polar surface area (TPSA) is 52.1 Å². The molecule has 2 heterocycles. The lowest BCUT2D eigenvalue weighted by molar-refractivity contribution is 0.0982. The van der Waals surface area contributed by atoms with Crippen LogP contribution in [0.2, 0.25) is 0 Å². The highest BCUT2D eigenvalue weighted by Gasteiger charge is 2.20. The van der Waals surface area contributed by atoms with E-state index in [-0.39, 0.29) is 12.2 Å². The number of aromatic nitrogens is 2. The van der Waals surface area contributed by atoms with Gasteiger partial charge in [0.05, 0.1) is 12.5 Å². The molecule has 0 atom stereocenters. The molecule has 1 aliphatic carbocycles. The third-order valence-electron chi connectivity index (χ3n) is 3.64. The highest BCUT2D eigenvalue weighted by atomic mass is 16.5. The quantitative estimate of drug-likeness (QED) is 0.791. The monoisotopic (exact) mass is 282 g/mol.